The maximum atomic E-state index is 12.4. The van der Waals surface area contributed by atoms with Crippen LogP contribution < -0.4 is 10.2 Å². The minimum atomic E-state index is -3.14. The molecule has 6 nitrogen and oxygen atoms in total. The molecule has 0 unspecified atom stereocenters. The van der Waals surface area contributed by atoms with Crippen molar-refractivity contribution in [2.75, 3.05) is 43.9 Å². The molecule has 3 rings (SSSR count). The number of anilines is 1. The highest BCUT2D eigenvalue weighted by atomic mass is 32.2. The fourth-order valence-corrected chi connectivity index (χ4v) is 4.59. The van der Waals surface area contributed by atoms with Gasteiger partial charge in [0.2, 0.25) is 15.9 Å². The molecule has 2 fully saturated rings. The number of nitrogens with one attached hydrogen (secondary N) is 1. The Kier molecular flexibility index (Phi) is 5.64. The van der Waals surface area contributed by atoms with Gasteiger partial charge in [0.15, 0.2) is 0 Å². The van der Waals surface area contributed by atoms with Crippen molar-refractivity contribution in [3.63, 3.8) is 0 Å². The zero-order chi connectivity index (χ0) is 17.9. The van der Waals surface area contributed by atoms with Crippen molar-refractivity contribution in [2.45, 2.75) is 19.3 Å². The fourth-order valence-electron chi connectivity index (χ4n) is 3.71. The van der Waals surface area contributed by atoms with E-state index in [0.717, 1.165) is 19.5 Å². The Morgan fingerprint density at radius 2 is 1.80 bits per heavy atom. The first-order valence-electron chi connectivity index (χ1n) is 8.96. The molecular weight excluding hydrogens is 338 g/mol. The van der Waals surface area contributed by atoms with E-state index in [-0.39, 0.29) is 11.8 Å². The summed E-state index contributed by atoms with van der Waals surface area (Å²) in [5.41, 5.74) is 1.24. The third-order valence-electron chi connectivity index (χ3n) is 5.27. The third-order valence-corrected chi connectivity index (χ3v) is 6.57. The van der Waals surface area contributed by atoms with Crippen LogP contribution in [0.3, 0.4) is 0 Å². The summed E-state index contributed by atoms with van der Waals surface area (Å²) in [6, 6.07) is 10.4. The van der Waals surface area contributed by atoms with Crippen LogP contribution >= 0.6 is 0 Å². The number of amides is 1. The summed E-state index contributed by atoms with van der Waals surface area (Å²) >= 11 is 0. The number of carbonyl (C=O) groups excluding carboxylic acids is 1. The van der Waals surface area contributed by atoms with E-state index in [1.165, 1.54) is 16.2 Å². The van der Waals surface area contributed by atoms with E-state index in [4.69, 9.17) is 0 Å². The predicted molar refractivity (Wildman–Crippen MR) is 98.9 cm³/mol. The van der Waals surface area contributed by atoms with E-state index < -0.39 is 10.0 Å². The minimum Gasteiger partial charge on any atom is -0.371 e. The molecule has 1 aromatic carbocycles. The smallest absolute Gasteiger partial charge is 0.223 e. The van der Waals surface area contributed by atoms with Gasteiger partial charge in [-0.2, -0.15) is 0 Å². The first-order chi connectivity index (χ1) is 11.9. The predicted octanol–water partition coefficient (Wildman–Crippen LogP) is 1.30. The SMILES string of the molecule is CS(=O)(=O)N1CCC(C(=O)NC[C@H]2CCN(c3ccccc3)C2)CC1. The van der Waals surface area contributed by atoms with Crippen molar-refractivity contribution < 1.29 is 13.2 Å². The van der Waals surface area contributed by atoms with E-state index in [1.807, 2.05) is 18.2 Å². The molecule has 1 aromatic rings. The summed E-state index contributed by atoms with van der Waals surface area (Å²) in [6.07, 6.45) is 3.53. The first-order valence-corrected chi connectivity index (χ1v) is 10.8. The van der Waals surface area contributed by atoms with Crippen molar-refractivity contribution in [1.82, 2.24) is 9.62 Å². The van der Waals surface area contributed by atoms with Gasteiger partial charge in [0.1, 0.15) is 0 Å². The van der Waals surface area contributed by atoms with Crippen molar-refractivity contribution in [1.29, 1.82) is 0 Å². The number of carbonyl (C=O) groups is 1. The van der Waals surface area contributed by atoms with Crippen LogP contribution in [0.4, 0.5) is 5.69 Å². The second kappa shape index (κ2) is 7.74. The van der Waals surface area contributed by atoms with Gasteiger partial charge in [-0.3, -0.25) is 4.79 Å². The fraction of sp³-hybridized carbons (Fsp3) is 0.611. The maximum absolute atomic E-state index is 12.4. The van der Waals surface area contributed by atoms with E-state index in [0.29, 0.717) is 38.4 Å². The Balaban J connectivity index is 1.42. The normalized spacial score (nSPS) is 22.9. The number of sulfonamides is 1. The Morgan fingerprint density at radius 1 is 1.12 bits per heavy atom. The lowest BCUT2D eigenvalue weighted by Gasteiger charge is -2.29. The molecule has 0 bridgehead atoms. The lowest BCUT2D eigenvalue weighted by molar-refractivity contribution is -0.126. The Morgan fingerprint density at radius 3 is 2.44 bits per heavy atom. The quantitative estimate of drug-likeness (QED) is 0.854. The average Bonchev–Trinajstić information content (AvgIpc) is 3.09. The number of benzene rings is 1. The monoisotopic (exact) mass is 365 g/mol. The van der Waals surface area contributed by atoms with Crippen molar-refractivity contribution in [3.05, 3.63) is 30.3 Å². The zero-order valence-electron chi connectivity index (χ0n) is 14.7. The molecule has 0 saturated carbocycles. The van der Waals surface area contributed by atoms with E-state index in [2.05, 4.69) is 22.3 Å². The summed E-state index contributed by atoms with van der Waals surface area (Å²) < 4.78 is 24.5. The van der Waals surface area contributed by atoms with Crippen molar-refractivity contribution >= 4 is 21.6 Å². The molecule has 7 heteroatoms. The number of para-hydroxylation sites is 1. The summed E-state index contributed by atoms with van der Waals surface area (Å²) in [4.78, 5) is 14.7. The number of hydrogen-bond acceptors (Lipinski definition) is 4. The Bertz CT molecular complexity index is 685. The minimum absolute atomic E-state index is 0.0652. The van der Waals surface area contributed by atoms with Crippen LogP contribution in [0.1, 0.15) is 19.3 Å². The van der Waals surface area contributed by atoms with Crippen molar-refractivity contribution in [2.24, 2.45) is 11.8 Å². The number of hydrogen-bond donors (Lipinski definition) is 1. The van der Waals surface area contributed by atoms with Crippen molar-refractivity contribution in [3.8, 4) is 0 Å². The summed E-state index contributed by atoms with van der Waals surface area (Å²) in [7, 11) is -3.14. The highest BCUT2D eigenvalue weighted by molar-refractivity contribution is 7.88. The molecule has 0 radical (unpaired) electrons. The largest absolute Gasteiger partial charge is 0.371 e. The van der Waals surface area contributed by atoms with Gasteiger partial charge >= 0.3 is 0 Å². The van der Waals surface area contributed by atoms with Crippen LogP contribution in [0.25, 0.3) is 0 Å². The van der Waals surface area contributed by atoms with Crippen LogP contribution in [-0.4, -0.2) is 57.6 Å². The summed E-state index contributed by atoms with van der Waals surface area (Å²) in [5.74, 6) is 0.483. The molecule has 2 aliphatic heterocycles. The molecule has 1 N–H and O–H groups in total. The molecule has 2 heterocycles. The number of rotatable bonds is 5. The second-order valence-corrected chi connectivity index (χ2v) is 9.10. The molecule has 2 saturated heterocycles. The molecule has 0 aliphatic carbocycles. The first kappa shape index (κ1) is 18.2. The lowest BCUT2D eigenvalue weighted by Crippen LogP contribution is -2.43. The van der Waals surface area contributed by atoms with Gasteiger partial charge < -0.3 is 10.2 Å². The molecule has 0 aromatic heterocycles. The molecule has 1 atom stereocenters. The van der Waals surface area contributed by atoms with Gasteiger partial charge in [-0.25, -0.2) is 12.7 Å². The third kappa shape index (κ3) is 4.73. The van der Waals surface area contributed by atoms with E-state index in [1.54, 1.807) is 0 Å². The van der Waals surface area contributed by atoms with Gasteiger partial charge in [-0.1, -0.05) is 18.2 Å². The molecule has 0 spiro atoms. The summed E-state index contributed by atoms with van der Waals surface area (Å²) in [5, 5.41) is 3.09. The molecule has 1 amide bonds. The van der Waals surface area contributed by atoms with Gasteiger partial charge in [0, 0.05) is 44.3 Å². The molecule has 25 heavy (non-hydrogen) atoms. The number of piperidine rings is 1. The molecule has 2 aliphatic rings. The Labute approximate surface area is 150 Å². The lowest BCUT2D eigenvalue weighted by atomic mass is 9.97. The summed E-state index contributed by atoms with van der Waals surface area (Å²) in [6.45, 7) is 3.59. The van der Waals surface area contributed by atoms with Gasteiger partial charge in [-0.15, -0.1) is 0 Å². The molecule has 138 valence electrons. The van der Waals surface area contributed by atoms with Gasteiger partial charge in [0.05, 0.1) is 6.26 Å². The highest BCUT2D eigenvalue weighted by Gasteiger charge is 2.30. The van der Waals surface area contributed by atoms with Gasteiger partial charge in [-0.05, 0) is 37.3 Å². The van der Waals surface area contributed by atoms with E-state index >= 15 is 0 Å². The van der Waals surface area contributed by atoms with Crippen LogP contribution in [0.5, 0.6) is 0 Å². The van der Waals surface area contributed by atoms with E-state index in [9.17, 15) is 13.2 Å². The standard InChI is InChI=1S/C18H27N3O3S/c1-25(23,24)21-11-8-16(9-12-21)18(22)19-13-15-7-10-20(14-15)17-5-3-2-4-6-17/h2-6,15-16H,7-14H2,1H3,(H,19,22)/t15-/m1/s1. The van der Waals surface area contributed by atoms with Crippen LogP contribution in [0.15, 0.2) is 30.3 Å². The molecular formula is C18H27N3O3S. The van der Waals surface area contributed by atoms with Crippen LogP contribution in [0, 0.1) is 11.8 Å². The highest BCUT2D eigenvalue weighted by Crippen LogP contribution is 2.23. The second-order valence-electron chi connectivity index (χ2n) is 7.12. The topological polar surface area (TPSA) is 69.7 Å². The average molecular weight is 365 g/mol. The number of nitrogens with zero attached hydrogens (tertiary/aromatic N) is 2. The maximum Gasteiger partial charge on any atom is 0.223 e. The van der Waals surface area contributed by atoms with Crippen LogP contribution in [-0.2, 0) is 14.8 Å². The van der Waals surface area contributed by atoms with Gasteiger partial charge in [0.25, 0.3) is 0 Å². The van der Waals surface area contributed by atoms with Crippen LogP contribution in [0.2, 0.25) is 0 Å². The zero-order valence-corrected chi connectivity index (χ0v) is 15.5. The Hall–Kier alpha value is -1.60.